The number of hydrogen-bond acceptors (Lipinski definition) is 3. The van der Waals surface area contributed by atoms with E-state index in [-0.39, 0.29) is 30.7 Å². The molecule has 6 nitrogen and oxygen atoms in total. The standard InChI is InChI=1S/C18H26N2O4/c1-12(2)11-15(18(24)20(4)10-9-16(21)22)19-17(23)14-8-6-5-7-13(14)3/h5-8,12,15H,9-11H2,1-4H3,(H,19,23)(H,21,22). The summed E-state index contributed by atoms with van der Waals surface area (Å²) in [6.07, 6.45) is 0.371. The van der Waals surface area contributed by atoms with E-state index in [1.165, 1.54) is 4.90 Å². The average molecular weight is 334 g/mol. The normalized spacial score (nSPS) is 11.9. The van der Waals surface area contributed by atoms with E-state index in [2.05, 4.69) is 5.32 Å². The van der Waals surface area contributed by atoms with E-state index in [9.17, 15) is 14.4 Å². The minimum Gasteiger partial charge on any atom is -0.481 e. The minimum atomic E-state index is -0.959. The van der Waals surface area contributed by atoms with Gasteiger partial charge in [-0.05, 0) is 30.9 Å². The lowest BCUT2D eigenvalue weighted by atomic mass is 10.0. The van der Waals surface area contributed by atoms with Crippen LogP contribution in [0.4, 0.5) is 0 Å². The number of benzene rings is 1. The van der Waals surface area contributed by atoms with Gasteiger partial charge in [0.15, 0.2) is 0 Å². The van der Waals surface area contributed by atoms with Crippen molar-refractivity contribution in [1.82, 2.24) is 10.2 Å². The van der Waals surface area contributed by atoms with Gasteiger partial charge in [-0.3, -0.25) is 14.4 Å². The number of carboxylic acid groups (broad SMARTS) is 1. The molecule has 1 atom stereocenters. The van der Waals surface area contributed by atoms with Crippen molar-refractivity contribution in [2.45, 2.75) is 39.7 Å². The van der Waals surface area contributed by atoms with E-state index in [0.717, 1.165) is 5.56 Å². The number of aryl methyl sites for hydroxylation is 1. The number of aliphatic carboxylic acids is 1. The van der Waals surface area contributed by atoms with Gasteiger partial charge in [-0.1, -0.05) is 32.0 Å². The van der Waals surface area contributed by atoms with Crippen LogP contribution in [0.25, 0.3) is 0 Å². The van der Waals surface area contributed by atoms with Crippen molar-refractivity contribution >= 4 is 17.8 Å². The first-order chi connectivity index (χ1) is 11.2. The molecule has 0 saturated carbocycles. The molecule has 1 unspecified atom stereocenters. The first-order valence-corrected chi connectivity index (χ1v) is 8.05. The SMILES string of the molecule is Cc1ccccc1C(=O)NC(CC(C)C)C(=O)N(C)CCC(=O)O. The van der Waals surface area contributed by atoms with Crippen molar-refractivity contribution in [3.05, 3.63) is 35.4 Å². The fourth-order valence-corrected chi connectivity index (χ4v) is 2.40. The van der Waals surface area contributed by atoms with E-state index in [4.69, 9.17) is 5.11 Å². The quantitative estimate of drug-likeness (QED) is 0.762. The number of carbonyl (C=O) groups excluding carboxylic acids is 2. The summed E-state index contributed by atoms with van der Waals surface area (Å²) in [6.45, 7) is 5.89. The Hall–Kier alpha value is -2.37. The molecular weight excluding hydrogens is 308 g/mol. The van der Waals surface area contributed by atoms with Crippen molar-refractivity contribution in [1.29, 1.82) is 0 Å². The van der Waals surface area contributed by atoms with Crippen molar-refractivity contribution < 1.29 is 19.5 Å². The van der Waals surface area contributed by atoms with Crippen LogP contribution in [0.2, 0.25) is 0 Å². The lowest BCUT2D eigenvalue weighted by Gasteiger charge is -2.25. The molecule has 0 aliphatic carbocycles. The molecule has 24 heavy (non-hydrogen) atoms. The first kappa shape index (κ1) is 19.7. The number of carbonyl (C=O) groups is 3. The molecule has 0 aliphatic rings. The van der Waals surface area contributed by atoms with E-state index in [1.54, 1.807) is 19.2 Å². The maximum absolute atomic E-state index is 12.6. The van der Waals surface area contributed by atoms with E-state index < -0.39 is 12.0 Å². The number of hydrogen-bond donors (Lipinski definition) is 2. The Morgan fingerprint density at radius 2 is 1.83 bits per heavy atom. The molecule has 2 amide bonds. The third-order valence-electron chi connectivity index (χ3n) is 3.74. The summed E-state index contributed by atoms with van der Waals surface area (Å²) in [5, 5.41) is 11.5. The molecule has 1 rings (SSSR count). The van der Waals surface area contributed by atoms with Crippen LogP contribution in [0.15, 0.2) is 24.3 Å². The Kier molecular flexibility index (Phi) is 7.42. The maximum atomic E-state index is 12.6. The number of amides is 2. The second-order valence-electron chi connectivity index (χ2n) is 6.37. The minimum absolute atomic E-state index is 0.114. The average Bonchev–Trinajstić information content (AvgIpc) is 2.51. The molecule has 0 radical (unpaired) electrons. The van der Waals surface area contributed by atoms with Crippen LogP contribution in [0, 0.1) is 12.8 Å². The zero-order chi connectivity index (χ0) is 18.3. The van der Waals surface area contributed by atoms with Gasteiger partial charge in [-0.15, -0.1) is 0 Å². The predicted octanol–water partition coefficient (Wildman–Crippen LogP) is 2.07. The van der Waals surface area contributed by atoms with Gasteiger partial charge in [-0.25, -0.2) is 0 Å². The topological polar surface area (TPSA) is 86.7 Å². The molecule has 1 aromatic carbocycles. The van der Waals surface area contributed by atoms with Crippen molar-refractivity contribution in [3.63, 3.8) is 0 Å². The molecule has 0 heterocycles. The summed E-state index contributed by atoms with van der Waals surface area (Å²) in [5.74, 6) is -1.31. The summed E-state index contributed by atoms with van der Waals surface area (Å²) in [6, 6.07) is 6.52. The van der Waals surface area contributed by atoms with E-state index in [1.807, 2.05) is 32.9 Å². The number of likely N-dealkylation sites (N-methyl/N-ethyl adjacent to an activating group) is 1. The summed E-state index contributed by atoms with van der Waals surface area (Å²) in [5.41, 5.74) is 1.37. The highest BCUT2D eigenvalue weighted by Gasteiger charge is 2.25. The van der Waals surface area contributed by atoms with Crippen LogP contribution in [-0.4, -0.2) is 47.4 Å². The molecule has 6 heteroatoms. The zero-order valence-corrected chi connectivity index (χ0v) is 14.7. The van der Waals surface area contributed by atoms with Gasteiger partial charge in [0.2, 0.25) is 5.91 Å². The number of nitrogens with one attached hydrogen (secondary N) is 1. The second-order valence-corrected chi connectivity index (χ2v) is 6.37. The van der Waals surface area contributed by atoms with E-state index >= 15 is 0 Å². The van der Waals surface area contributed by atoms with Crippen LogP contribution < -0.4 is 5.32 Å². The molecule has 0 aliphatic heterocycles. The molecule has 2 N–H and O–H groups in total. The second kappa shape index (κ2) is 9.05. The first-order valence-electron chi connectivity index (χ1n) is 8.05. The zero-order valence-electron chi connectivity index (χ0n) is 14.7. The molecule has 0 spiro atoms. The molecule has 132 valence electrons. The third kappa shape index (κ3) is 6.02. The lowest BCUT2D eigenvalue weighted by molar-refractivity contribution is -0.138. The van der Waals surface area contributed by atoms with Gasteiger partial charge in [0.25, 0.3) is 5.91 Å². The highest BCUT2D eigenvalue weighted by atomic mass is 16.4. The van der Waals surface area contributed by atoms with Crippen LogP contribution in [0.1, 0.15) is 42.6 Å². The summed E-state index contributed by atoms with van der Waals surface area (Å²) in [4.78, 5) is 37.1. The number of nitrogens with zero attached hydrogens (tertiary/aromatic N) is 1. The Morgan fingerprint density at radius 3 is 2.38 bits per heavy atom. The van der Waals surface area contributed by atoms with Crippen molar-refractivity contribution in [2.24, 2.45) is 5.92 Å². The molecule has 0 saturated heterocycles. The van der Waals surface area contributed by atoms with Crippen LogP contribution in [0.5, 0.6) is 0 Å². The Balaban J connectivity index is 2.85. The van der Waals surface area contributed by atoms with Crippen LogP contribution >= 0.6 is 0 Å². The Morgan fingerprint density at radius 1 is 1.21 bits per heavy atom. The van der Waals surface area contributed by atoms with Gasteiger partial charge in [0, 0.05) is 19.2 Å². The fraction of sp³-hybridized carbons (Fsp3) is 0.500. The van der Waals surface area contributed by atoms with Gasteiger partial charge in [-0.2, -0.15) is 0 Å². The summed E-state index contributed by atoms with van der Waals surface area (Å²) in [7, 11) is 1.55. The summed E-state index contributed by atoms with van der Waals surface area (Å²) >= 11 is 0. The number of rotatable bonds is 8. The Labute approximate surface area is 142 Å². The monoisotopic (exact) mass is 334 g/mol. The molecule has 1 aromatic rings. The highest BCUT2D eigenvalue weighted by Crippen LogP contribution is 2.11. The summed E-state index contributed by atoms with van der Waals surface area (Å²) < 4.78 is 0. The smallest absolute Gasteiger partial charge is 0.305 e. The van der Waals surface area contributed by atoms with Gasteiger partial charge in [0.05, 0.1) is 6.42 Å². The van der Waals surface area contributed by atoms with Crippen LogP contribution in [-0.2, 0) is 9.59 Å². The number of carboxylic acids is 1. The predicted molar refractivity (Wildman–Crippen MR) is 91.8 cm³/mol. The third-order valence-corrected chi connectivity index (χ3v) is 3.74. The van der Waals surface area contributed by atoms with Crippen LogP contribution in [0.3, 0.4) is 0 Å². The molecule has 0 bridgehead atoms. The van der Waals surface area contributed by atoms with Gasteiger partial charge >= 0.3 is 5.97 Å². The molecule has 0 aromatic heterocycles. The largest absolute Gasteiger partial charge is 0.481 e. The fourth-order valence-electron chi connectivity index (χ4n) is 2.40. The maximum Gasteiger partial charge on any atom is 0.305 e. The van der Waals surface area contributed by atoms with E-state index in [0.29, 0.717) is 12.0 Å². The van der Waals surface area contributed by atoms with Gasteiger partial charge in [0.1, 0.15) is 6.04 Å². The lowest BCUT2D eigenvalue weighted by Crippen LogP contribution is -2.48. The van der Waals surface area contributed by atoms with Gasteiger partial charge < -0.3 is 15.3 Å². The van der Waals surface area contributed by atoms with Crippen molar-refractivity contribution in [3.8, 4) is 0 Å². The molecular formula is C18H26N2O4. The highest BCUT2D eigenvalue weighted by molar-refractivity contribution is 5.98. The molecule has 0 fully saturated rings. The van der Waals surface area contributed by atoms with Crippen molar-refractivity contribution in [2.75, 3.05) is 13.6 Å². The Bertz CT molecular complexity index is 598.